The average Bonchev–Trinajstić information content (AvgIpc) is 3.11. The number of likely N-dealkylation sites (tertiary alicyclic amines) is 1. The number of benzene rings is 2. The highest BCUT2D eigenvalue weighted by molar-refractivity contribution is 5.89. The number of piperidine rings is 1. The van der Waals surface area contributed by atoms with E-state index in [9.17, 15) is 14.4 Å². The second-order valence-corrected chi connectivity index (χ2v) is 8.33. The molecule has 2 aliphatic rings. The molecule has 4 rings (SSSR count). The molecule has 0 radical (unpaired) electrons. The van der Waals surface area contributed by atoms with Crippen LogP contribution in [0.3, 0.4) is 0 Å². The third-order valence-corrected chi connectivity index (χ3v) is 6.78. The number of methoxy groups -OCH3 is 1. The standard InChI is InChI=1S/C25H28N2O5/c1-31-24(30)20-17-21(28)27(32-2)25(20)13-15-26(16-14-25)23(29)22(18-9-5-3-6-10-18)19-11-7-4-8-12-19/h3-12,20,22H,13-17H2,1-2H3. The van der Waals surface area contributed by atoms with Gasteiger partial charge in [0.05, 0.1) is 31.6 Å². The van der Waals surface area contributed by atoms with Gasteiger partial charge in [-0.05, 0) is 24.0 Å². The van der Waals surface area contributed by atoms with Crippen molar-refractivity contribution in [1.29, 1.82) is 0 Å². The van der Waals surface area contributed by atoms with Crippen LogP contribution in [0.2, 0.25) is 0 Å². The van der Waals surface area contributed by atoms with Crippen LogP contribution in [0.1, 0.15) is 36.3 Å². The van der Waals surface area contributed by atoms with Gasteiger partial charge in [0, 0.05) is 19.5 Å². The van der Waals surface area contributed by atoms with E-state index in [1.54, 1.807) is 0 Å². The number of hydrogen-bond acceptors (Lipinski definition) is 5. The summed E-state index contributed by atoms with van der Waals surface area (Å²) in [5, 5.41) is 1.34. The van der Waals surface area contributed by atoms with Gasteiger partial charge in [0.25, 0.3) is 0 Å². The van der Waals surface area contributed by atoms with Gasteiger partial charge in [-0.25, -0.2) is 5.06 Å². The molecular weight excluding hydrogens is 408 g/mol. The van der Waals surface area contributed by atoms with Crippen molar-refractivity contribution < 1.29 is 24.0 Å². The molecule has 2 saturated heterocycles. The first-order chi connectivity index (χ1) is 15.5. The van der Waals surface area contributed by atoms with Crippen LogP contribution in [0.25, 0.3) is 0 Å². The summed E-state index contributed by atoms with van der Waals surface area (Å²) in [5.74, 6) is -1.64. The lowest BCUT2D eigenvalue weighted by molar-refractivity contribution is -0.210. The number of ether oxygens (including phenoxy) is 1. The van der Waals surface area contributed by atoms with E-state index in [-0.39, 0.29) is 18.2 Å². The Morgan fingerprint density at radius 3 is 1.94 bits per heavy atom. The number of esters is 1. The lowest BCUT2D eigenvalue weighted by Crippen LogP contribution is -2.58. The Kier molecular flexibility index (Phi) is 6.28. The number of hydrogen-bond donors (Lipinski definition) is 0. The second kappa shape index (κ2) is 9.12. The quantitative estimate of drug-likeness (QED) is 0.674. The Labute approximate surface area is 187 Å². The number of carbonyl (C=O) groups excluding carboxylic acids is 3. The summed E-state index contributed by atoms with van der Waals surface area (Å²) in [5.41, 5.74) is 1.09. The molecule has 1 unspecified atom stereocenters. The summed E-state index contributed by atoms with van der Waals surface area (Å²) in [4.78, 5) is 45.9. The molecule has 0 bridgehead atoms. The Morgan fingerprint density at radius 1 is 0.938 bits per heavy atom. The van der Waals surface area contributed by atoms with Gasteiger partial charge in [-0.1, -0.05) is 60.7 Å². The fraction of sp³-hybridized carbons (Fsp3) is 0.400. The minimum absolute atomic E-state index is 0.0140. The van der Waals surface area contributed by atoms with E-state index < -0.39 is 23.3 Å². The van der Waals surface area contributed by atoms with Gasteiger partial charge in [-0.2, -0.15) is 0 Å². The summed E-state index contributed by atoms with van der Waals surface area (Å²) in [6, 6.07) is 19.5. The average molecular weight is 437 g/mol. The first kappa shape index (κ1) is 22.0. The van der Waals surface area contributed by atoms with Crippen molar-refractivity contribution in [2.75, 3.05) is 27.3 Å². The van der Waals surface area contributed by atoms with Gasteiger partial charge in [-0.3, -0.25) is 19.2 Å². The van der Waals surface area contributed by atoms with Gasteiger partial charge < -0.3 is 9.64 Å². The maximum atomic E-state index is 13.7. The molecule has 2 fully saturated rings. The van der Waals surface area contributed by atoms with Gasteiger partial charge in [0.1, 0.15) is 0 Å². The molecule has 2 heterocycles. The highest BCUT2D eigenvalue weighted by Gasteiger charge is 2.58. The zero-order chi connectivity index (χ0) is 22.7. The number of nitrogens with zero attached hydrogens (tertiary/aromatic N) is 2. The third kappa shape index (κ3) is 3.77. The molecule has 32 heavy (non-hydrogen) atoms. The summed E-state index contributed by atoms with van der Waals surface area (Å²) in [6.07, 6.45) is 0.966. The maximum absolute atomic E-state index is 13.7. The molecule has 168 valence electrons. The monoisotopic (exact) mass is 436 g/mol. The molecule has 2 amide bonds. The normalized spacial score (nSPS) is 20.1. The molecule has 7 heteroatoms. The van der Waals surface area contributed by atoms with Crippen LogP contribution in [0.4, 0.5) is 0 Å². The minimum Gasteiger partial charge on any atom is -0.469 e. The number of amides is 2. The van der Waals surface area contributed by atoms with Gasteiger partial charge in [0.15, 0.2) is 0 Å². The van der Waals surface area contributed by atoms with Crippen molar-refractivity contribution in [3.8, 4) is 0 Å². The fourth-order valence-electron chi connectivity index (χ4n) is 5.18. The SMILES string of the molecule is COC(=O)C1CC(=O)N(OC)C12CCN(C(=O)C(c1ccccc1)c1ccccc1)CC2. The van der Waals surface area contributed by atoms with Crippen LogP contribution in [0.5, 0.6) is 0 Å². The lowest BCUT2D eigenvalue weighted by atomic mass is 9.77. The number of hydroxylamine groups is 2. The summed E-state index contributed by atoms with van der Waals surface area (Å²) >= 11 is 0. The first-order valence-electron chi connectivity index (χ1n) is 10.9. The van der Waals surface area contributed by atoms with Gasteiger partial charge in [0.2, 0.25) is 11.8 Å². The van der Waals surface area contributed by atoms with E-state index in [0.29, 0.717) is 25.9 Å². The smallest absolute Gasteiger partial charge is 0.311 e. The largest absolute Gasteiger partial charge is 0.469 e. The molecule has 2 aromatic rings. The van der Waals surface area contributed by atoms with E-state index in [2.05, 4.69) is 0 Å². The maximum Gasteiger partial charge on any atom is 0.311 e. The van der Waals surface area contributed by atoms with E-state index in [1.807, 2.05) is 65.6 Å². The zero-order valence-corrected chi connectivity index (χ0v) is 18.4. The Hall–Kier alpha value is -3.19. The number of carbonyl (C=O) groups is 3. The molecule has 0 N–H and O–H groups in total. The van der Waals surface area contributed by atoms with Gasteiger partial charge in [-0.15, -0.1) is 0 Å². The van der Waals surface area contributed by atoms with Crippen LogP contribution in [0, 0.1) is 5.92 Å². The predicted octanol–water partition coefficient (Wildman–Crippen LogP) is 2.76. The van der Waals surface area contributed by atoms with Crippen molar-refractivity contribution in [3.63, 3.8) is 0 Å². The van der Waals surface area contributed by atoms with E-state index >= 15 is 0 Å². The second-order valence-electron chi connectivity index (χ2n) is 8.33. The van der Waals surface area contributed by atoms with Crippen LogP contribution < -0.4 is 0 Å². The molecule has 1 atom stereocenters. The molecule has 7 nitrogen and oxygen atoms in total. The molecular formula is C25H28N2O5. The van der Waals surface area contributed by atoms with Crippen molar-refractivity contribution >= 4 is 17.8 Å². The van der Waals surface area contributed by atoms with Crippen molar-refractivity contribution in [2.45, 2.75) is 30.7 Å². The van der Waals surface area contributed by atoms with Crippen LogP contribution in [-0.2, 0) is 24.0 Å². The molecule has 0 aromatic heterocycles. The Balaban J connectivity index is 1.59. The zero-order valence-electron chi connectivity index (χ0n) is 18.4. The van der Waals surface area contributed by atoms with Crippen molar-refractivity contribution in [2.24, 2.45) is 5.92 Å². The summed E-state index contributed by atoms with van der Waals surface area (Å²) < 4.78 is 4.98. The van der Waals surface area contributed by atoms with Crippen LogP contribution >= 0.6 is 0 Å². The molecule has 2 aliphatic heterocycles. The molecule has 0 saturated carbocycles. The number of rotatable bonds is 5. The van der Waals surface area contributed by atoms with E-state index in [0.717, 1.165) is 11.1 Å². The fourth-order valence-corrected chi connectivity index (χ4v) is 5.18. The summed E-state index contributed by atoms with van der Waals surface area (Å²) in [6.45, 7) is 0.852. The van der Waals surface area contributed by atoms with Crippen molar-refractivity contribution in [1.82, 2.24) is 9.96 Å². The van der Waals surface area contributed by atoms with Crippen molar-refractivity contribution in [3.05, 3.63) is 71.8 Å². The van der Waals surface area contributed by atoms with E-state index in [4.69, 9.17) is 9.57 Å². The summed E-state index contributed by atoms with van der Waals surface area (Å²) in [7, 11) is 2.77. The first-order valence-corrected chi connectivity index (χ1v) is 10.9. The van der Waals surface area contributed by atoms with Gasteiger partial charge >= 0.3 is 5.97 Å². The third-order valence-electron chi connectivity index (χ3n) is 6.78. The lowest BCUT2D eigenvalue weighted by Gasteiger charge is -2.46. The molecule has 1 spiro atoms. The Morgan fingerprint density at radius 2 is 1.47 bits per heavy atom. The highest BCUT2D eigenvalue weighted by Crippen LogP contribution is 2.44. The predicted molar refractivity (Wildman–Crippen MR) is 117 cm³/mol. The molecule has 2 aromatic carbocycles. The Bertz CT molecular complexity index is 929. The highest BCUT2D eigenvalue weighted by atomic mass is 16.7. The van der Waals surface area contributed by atoms with Crippen LogP contribution in [0.15, 0.2) is 60.7 Å². The topological polar surface area (TPSA) is 76.2 Å². The van der Waals surface area contributed by atoms with Crippen LogP contribution in [-0.4, -0.2) is 60.6 Å². The molecule has 0 aliphatic carbocycles. The minimum atomic E-state index is -0.787. The van der Waals surface area contributed by atoms with E-state index in [1.165, 1.54) is 19.3 Å².